The highest BCUT2D eigenvalue weighted by Gasteiger charge is 2.06. The van der Waals surface area contributed by atoms with Gasteiger partial charge >= 0.3 is 0 Å². The summed E-state index contributed by atoms with van der Waals surface area (Å²) in [5, 5.41) is 0. The number of halogens is 1. The van der Waals surface area contributed by atoms with Crippen LogP contribution in [0, 0.1) is 0 Å². The van der Waals surface area contributed by atoms with Crippen molar-refractivity contribution in [1.82, 2.24) is 0 Å². The molecule has 1 aliphatic rings. The summed E-state index contributed by atoms with van der Waals surface area (Å²) in [4.78, 5) is 0. The molecule has 1 aliphatic carbocycles. The highest BCUT2D eigenvalue weighted by atomic mass is 35.5. The molecule has 0 aromatic carbocycles. The largest absolute Gasteiger partial charge is 0.327 e. The quantitative estimate of drug-likeness (QED) is 0.521. The molecule has 0 aromatic rings. The van der Waals surface area contributed by atoms with Crippen molar-refractivity contribution in [2.24, 2.45) is 5.73 Å². The van der Waals surface area contributed by atoms with Crippen LogP contribution in [0.25, 0.3) is 0 Å². The van der Waals surface area contributed by atoms with Gasteiger partial charge in [0.15, 0.2) is 0 Å². The van der Waals surface area contributed by atoms with E-state index in [1.54, 1.807) is 0 Å². The second-order valence-corrected chi connectivity index (χ2v) is 2.59. The van der Waals surface area contributed by atoms with Gasteiger partial charge in [0.1, 0.15) is 0 Å². The van der Waals surface area contributed by atoms with Crippen LogP contribution in [0.4, 0.5) is 0 Å². The fourth-order valence-corrected chi connectivity index (χ4v) is 1.14. The van der Waals surface area contributed by atoms with Crippen molar-refractivity contribution in [1.29, 1.82) is 0 Å². The van der Waals surface area contributed by atoms with E-state index in [9.17, 15) is 0 Å². The van der Waals surface area contributed by atoms with E-state index in [1.807, 2.05) is 0 Å². The summed E-state index contributed by atoms with van der Waals surface area (Å²) < 4.78 is 0. The number of nitrogens with two attached hydrogens (primary N) is 1. The molecule has 0 bridgehead atoms. The maximum atomic E-state index is 5.68. The van der Waals surface area contributed by atoms with Crippen LogP contribution < -0.4 is 5.73 Å². The van der Waals surface area contributed by atoms with Crippen molar-refractivity contribution in [2.45, 2.75) is 32.2 Å². The second kappa shape index (κ2) is 3.91. The van der Waals surface area contributed by atoms with E-state index in [0.29, 0.717) is 6.04 Å². The number of hydrogen-bond donors (Lipinski definition) is 1. The Hall–Kier alpha value is -0.0100. The molecule has 0 spiro atoms. The average molecular weight is 148 g/mol. The van der Waals surface area contributed by atoms with Crippen molar-refractivity contribution in [3.05, 3.63) is 11.6 Å². The van der Waals surface area contributed by atoms with Crippen LogP contribution in [0.15, 0.2) is 11.6 Å². The Morgan fingerprint density at radius 1 is 1.67 bits per heavy atom. The summed E-state index contributed by atoms with van der Waals surface area (Å²) in [6.07, 6.45) is 5.76. The summed E-state index contributed by atoms with van der Waals surface area (Å²) in [7, 11) is 0. The maximum absolute atomic E-state index is 5.68. The van der Waals surface area contributed by atoms with Gasteiger partial charge in [0.2, 0.25) is 0 Å². The third kappa shape index (κ3) is 2.87. The number of allylic oxidation sites excluding steroid dienone is 1. The zero-order valence-corrected chi connectivity index (χ0v) is 6.58. The van der Waals surface area contributed by atoms with Gasteiger partial charge in [-0.2, -0.15) is 0 Å². The Bertz CT molecular complexity index is 109. The van der Waals surface area contributed by atoms with Crippen molar-refractivity contribution >= 4 is 12.4 Å². The number of hydrogen-bond acceptors (Lipinski definition) is 1. The molecular formula is C7H14ClN. The smallest absolute Gasteiger partial charge is 0.00789 e. The monoisotopic (exact) mass is 147 g/mol. The van der Waals surface area contributed by atoms with Gasteiger partial charge in [0.25, 0.3) is 0 Å². The molecule has 1 nitrogen and oxygen atoms in total. The molecule has 0 heterocycles. The summed E-state index contributed by atoms with van der Waals surface area (Å²) >= 11 is 0. The van der Waals surface area contributed by atoms with Crippen molar-refractivity contribution < 1.29 is 0 Å². The molecule has 54 valence electrons. The Balaban J connectivity index is 0.000000640. The van der Waals surface area contributed by atoms with E-state index >= 15 is 0 Å². The molecule has 2 heteroatoms. The van der Waals surface area contributed by atoms with Gasteiger partial charge < -0.3 is 5.73 Å². The van der Waals surface area contributed by atoms with Crippen molar-refractivity contribution in [3.8, 4) is 0 Å². The van der Waals surface area contributed by atoms with Gasteiger partial charge in [-0.25, -0.2) is 0 Å². The van der Waals surface area contributed by atoms with Crippen LogP contribution in [-0.4, -0.2) is 6.04 Å². The van der Waals surface area contributed by atoms with Crippen LogP contribution in [-0.2, 0) is 0 Å². The van der Waals surface area contributed by atoms with Crippen LogP contribution in [0.3, 0.4) is 0 Å². The normalized spacial score (nSPS) is 26.4. The molecule has 0 radical (unpaired) electrons. The Morgan fingerprint density at radius 3 is 2.67 bits per heavy atom. The van der Waals surface area contributed by atoms with E-state index in [-0.39, 0.29) is 12.4 Å². The second-order valence-electron chi connectivity index (χ2n) is 2.59. The van der Waals surface area contributed by atoms with Gasteiger partial charge in [-0.3, -0.25) is 0 Å². The topological polar surface area (TPSA) is 26.0 Å². The van der Waals surface area contributed by atoms with Gasteiger partial charge in [-0.15, -0.1) is 12.4 Å². The first kappa shape index (κ1) is 8.99. The standard InChI is InChI=1S/C7H13N.ClH/c1-6-3-2-4-7(8)5-6;/h3,7H,2,4-5,8H2,1H3;1H. The lowest BCUT2D eigenvalue weighted by molar-refractivity contribution is 0.587. The van der Waals surface area contributed by atoms with Crippen LogP contribution in [0.5, 0.6) is 0 Å². The Morgan fingerprint density at radius 2 is 2.33 bits per heavy atom. The summed E-state index contributed by atoms with van der Waals surface area (Å²) in [5.74, 6) is 0. The van der Waals surface area contributed by atoms with Crippen LogP contribution in [0.2, 0.25) is 0 Å². The summed E-state index contributed by atoms with van der Waals surface area (Å²) in [5.41, 5.74) is 7.15. The molecule has 2 N–H and O–H groups in total. The lowest BCUT2D eigenvalue weighted by atomic mass is 9.97. The van der Waals surface area contributed by atoms with E-state index in [2.05, 4.69) is 13.0 Å². The SMILES string of the molecule is CC1=CCCC(N)C1.Cl. The lowest BCUT2D eigenvalue weighted by Crippen LogP contribution is -2.21. The zero-order valence-electron chi connectivity index (χ0n) is 5.76. The van der Waals surface area contributed by atoms with Crippen molar-refractivity contribution in [3.63, 3.8) is 0 Å². The highest BCUT2D eigenvalue weighted by Crippen LogP contribution is 2.14. The third-order valence-electron chi connectivity index (χ3n) is 1.61. The molecule has 9 heavy (non-hydrogen) atoms. The molecule has 0 amide bonds. The average Bonchev–Trinajstić information content (AvgIpc) is 1.64. The minimum absolute atomic E-state index is 0. The highest BCUT2D eigenvalue weighted by molar-refractivity contribution is 5.85. The first-order valence-corrected chi connectivity index (χ1v) is 3.20. The molecule has 0 aliphatic heterocycles. The molecule has 0 saturated heterocycles. The molecule has 0 aromatic heterocycles. The van der Waals surface area contributed by atoms with Gasteiger partial charge in [-0.05, 0) is 26.2 Å². The molecule has 1 atom stereocenters. The summed E-state index contributed by atoms with van der Waals surface area (Å²) in [6.45, 7) is 2.15. The van der Waals surface area contributed by atoms with E-state index in [1.165, 1.54) is 18.4 Å². The first-order valence-electron chi connectivity index (χ1n) is 3.20. The molecule has 1 unspecified atom stereocenters. The molecule has 1 rings (SSSR count). The number of rotatable bonds is 0. The Labute approximate surface area is 62.7 Å². The summed E-state index contributed by atoms with van der Waals surface area (Å²) in [6, 6.07) is 0.444. The maximum Gasteiger partial charge on any atom is 0.00789 e. The lowest BCUT2D eigenvalue weighted by Gasteiger charge is -2.15. The van der Waals surface area contributed by atoms with E-state index < -0.39 is 0 Å². The Kier molecular flexibility index (Phi) is 3.91. The fraction of sp³-hybridized carbons (Fsp3) is 0.714. The van der Waals surface area contributed by atoms with Crippen molar-refractivity contribution in [2.75, 3.05) is 0 Å². The van der Waals surface area contributed by atoms with Gasteiger partial charge in [0, 0.05) is 6.04 Å². The van der Waals surface area contributed by atoms with E-state index in [0.717, 1.165) is 6.42 Å². The van der Waals surface area contributed by atoms with Crippen LogP contribution >= 0.6 is 12.4 Å². The minimum Gasteiger partial charge on any atom is -0.327 e. The minimum atomic E-state index is 0. The molecular weight excluding hydrogens is 134 g/mol. The van der Waals surface area contributed by atoms with Gasteiger partial charge in [0.05, 0.1) is 0 Å². The predicted octanol–water partition coefficient (Wildman–Crippen LogP) is 1.87. The fourth-order valence-electron chi connectivity index (χ4n) is 1.14. The predicted molar refractivity (Wildman–Crippen MR) is 42.8 cm³/mol. The third-order valence-corrected chi connectivity index (χ3v) is 1.61. The molecule has 0 fully saturated rings. The molecule has 0 saturated carbocycles. The first-order chi connectivity index (χ1) is 3.79. The van der Waals surface area contributed by atoms with Crippen LogP contribution in [0.1, 0.15) is 26.2 Å². The zero-order chi connectivity index (χ0) is 5.98. The van der Waals surface area contributed by atoms with E-state index in [4.69, 9.17) is 5.73 Å². The van der Waals surface area contributed by atoms with Gasteiger partial charge in [-0.1, -0.05) is 11.6 Å².